The van der Waals surface area contributed by atoms with Gasteiger partial charge in [0.05, 0.1) is 35.8 Å². The van der Waals surface area contributed by atoms with E-state index in [1.165, 1.54) is 6.07 Å². The van der Waals surface area contributed by atoms with E-state index in [-0.39, 0.29) is 17.9 Å². The molecular weight excluding hydrogens is 468 g/mol. The van der Waals surface area contributed by atoms with Gasteiger partial charge in [0.15, 0.2) is 6.61 Å². The van der Waals surface area contributed by atoms with Gasteiger partial charge in [0, 0.05) is 6.42 Å². The Bertz CT molecular complexity index is 1350. The Morgan fingerprint density at radius 1 is 0.857 bits per heavy atom. The topological polar surface area (TPSA) is 120 Å². The van der Waals surface area contributed by atoms with E-state index in [4.69, 9.17) is 9.47 Å². The van der Waals surface area contributed by atoms with Crippen molar-refractivity contribution in [1.82, 2.24) is 8.75 Å². The zero-order valence-electron chi connectivity index (χ0n) is 18.8. The maximum Gasteiger partial charge on any atom is 0.340 e. The Balaban J connectivity index is 1.31. The zero-order valence-corrected chi connectivity index (χ0v) is 19.6. The highest BCUT2D eigenvalue weighted by Crippen LogP contribution is 2.21. The van der Waals surface area contributed by atoms with Crippen LogP contribution >= 0.6 is 11.7 Å². The number of methoxy groups -OCH3 is 1. The van der Waals surface area contributed by atoms with Gasteiger partial charge in [-0.1, -0.05) is 30.3 Å². The van der Waals surface area contributed by atoms with Gasteiger partial charge in [-0.15, -0.1) is 0 Å². The van der Waals surface area contributed by atoms with Crippen molar-refractivity contribution in [3.05, 3.63) is 77.9 Å². The van der Waals surface area contributed by atoms with Gasteiger partial charge in [-0.05, 0) is 48.4 Å². The van der Waals surface area contributed by atoms with E-state index in [9.17, 15) is 14.4 Å². The number of hydrogen-bond donors (Lipinski definition) is 2. The van der Waals surface area contributed by atoms with Crippen molar-refractivity contribution in [2.75, 3.05) is 24.4 Å². The molecule has 0 bridgehead atoms. The number of aryl methyl sites for hydroxylation is 1. The number of amides is 2. The van der Waals surface area contributed by atoms with Crippen LogP contribution in [0, 0.1) is 0 Å². The first-order valence-corrected chi connectivity index (χ1v) is 11.5. The number of carbonyl (C=O) groups excluding carboxylic acids is 3. The maximum atomic E-state index is 12.6. The summed E-state index contributed by atoms with van der Waals surface area (Å²) in [5.74, 6) is -0.736. The van der Waals surface area contributed by atoms with E-state index in [0.29, 0.717) is 28.8 Å². The van der Waals surface area contributed by atoms with Crippen LogP contribution in [0.5, 0.6) is 5.75 Å². The number of fused-ring (bicyclic) bond motifs is 1. The molecule has 9 nitrogen and oxygen atoms in total. The molecule has 0 saturated carbocycles. The van der Waals surface area contributed by atoms with Crippen LogP contribution in [0.4, 0.5) is 11.4 Å². The van der Waals surface area contributed by atoms with Crippen molar-refractivity contribution >= 4 is 51.9 Å². The van der Waals surface area contributed by atoms with Gasteiger partial charge >= 0.3 is 5.97 Å². The molecule has 0 atom stereocenters. The maximum absolute atomic E-state index is 12.6. The van der Waals surface area contributed by atoms with Gasteiger partial charge in [0.25, 0.3) is 5.91 Å². The minimum Gasteiger partial charge on any atom is -0.497 e. The summed E-state index contributed by atoms with van der Waals surface area (Å²) in [6, 6.07) is 19.2. The number of ether oxygens (including phenoxy) is 2. The number of nitrogens with one attached hydrogen (secondary N) is 2. The Morgan fingerprint density at radius 2 is 1.60 bits per heavy atom. The van der Waals surface area contributed by atoms with Gasteiger partial charge in [0.2, 0.25) is 5.91 Å². The van der Waals surface area contributed by atoms with Crippen molar-refractivity contribution in [2.24, 2.45) is 0 Å². The van der Waals surface area contributed by atoms with Gasteiger partial charge in [-0.2, -0.15) is 8.75 Å². The number of esters is 1. The number of rotatable bonds is 9. The highest BCUT2D eigenvalue weighted by atomic mass is 32.1. The summed E-state index contributed by atoms with van der Waals surface area (Å²) in [5.41, 5.74) is 3.19. The number of carbonyl (C=O) groups is 3. The molecule has 3 aromatic carbocycles. The van der Waals surface area contributed by atoms with Crippen LogP contribution in [-0.2, 0) is 20.7 Å². The third-order valence-electron chi connectivity index (χ3n) is 5.12. The minimum absolute atomic E-state index is 0.156. The SMILES string of the molecule is COc1ccc(CCC(=O)Nc2ccccc2C(=O)OCC(=O)Nc2cccc3nsnc23)cc1. The number of aromatic nitrogens is 2. The predicted octanol–water partition coefficient (Wildman–Crippen LogP) is 4.07. The molecule has 4 aromatic rings. The first kappa shape index (κ1) is 23.8. The van der Waals surface area contributed by atoms with Gasteiger partial charge in [0.1, 0.15) is 16.8 Å². The fourth-order valence-electron chi connectivity index (χ4n) is 3.34. The molecule has 0 aliphatic heterocycles. The van der Waals surface area contributed by atoms with E-state index < -0.39 is 18.5 Å². The molecule has 0 saturated heterocycles. The predicted molar refractivity (Wildman–Crippen MR) is 133 cm³/mol. The Hall–Kier alpha value is -4.31. The molecule has 0 aliphatic carbocycles. The lowest BCUT2D eigenvalue weighted by molar-refractivity contribution is -0.119. The smallest absolute Gasteiger partial charge is 0.340 e. The normalized spacial score (nSPS) is 10.5. The Labute approximate surface area is 205 Å². The van der Waals surface area contributed by atoms with Crippen LogP contribution in [0.1, 0.15) is 22.3 Å². The average Bonchev–Trinajstić information content (AvgIpc) is 3.37. The third-order valence-corrected chi connectivity index (χ3v) is 5.66. The quantitative estimate of drug-likeness (QED) is 0.340. The van der Waals surface area contributed by atoms with E-state index in [1.54, 1.807) is 43.5 Å². The standard InChI is InChI=1S/C25H22N4O5S/c1-33-17-12-9-16(10-13-17)11-14-22(30)26-19-6-3-2-5-18(19)25(32)34-15-23(31)27-20-7-4-8-21-24(20)29-35-28-21/h2-10,12-13H,11,14-15H2,1H3,(H,26,30)(H,27,31). The highest BCUT2D eigenvalue weighted by molar-refractivity contribution is 7.00. The molecule has 0 radical (unpaired) electrons. The molecule has 1 aromatic heterocycles. The average molecular weight is 491 g/mol. The Morgan fingerprint density at radius 3 is 2.40 bits per heavy atom. The van der Waals surface area contributed by atoms with E-state index >= 15 is 0 Å². The van der Waals surface area contributed by atoms with Crippen molar-refractivity contribution in [1.29, 1.82) is 0 Å². The lowest BCUT2D eigenvalue weighted by Gasteiger charge is -2.11. The third kappa shape index (κ3) is 6.18. The van der Waals surface area contributed by atoms with Crippen molar-refractivity contribution in [3.63, 3.8) is 0 Å². The molecule has 0 spiro atoms. The first-order chi connectivity index (χ1) is 17.0. The molecule has 0 unspecified atom stereocenters. The lowest BCUT2D eigenvalue weighted by Crippen LogP contribution is -2.22. The van der Waals surface area contributed by atoms with E-state index in [1.807, 2.05) is 24.3 Å². The molecule has 2 amide bonds. The van der Waals surface area contributed by atoms with Crippen molar-refractivity contribution in [2.45, 2.75) is 12.8 Å². The fourth-order valence-corrected chi connectivity index (χ4v) is 3.88. The second kappa shape index (κ2) is 11.2. The van der Waals surface area contributed by atoms with Crippen LogP contribution < -0.4 is 15.4 Å². The molecule has 0 aliphatic rings. The van der Waals surface area contributed by atoms with Crippen LogP contribution in [0.2, 0.25) is 0 Å². The molecule has 4 rings (SSSR count). The van der Waals surface area contributed by atoms with Crippen LogP contribution in [0.25, 0.3) is 11.0 Å². The summed E-state index contributed by atoms with van der Waals surface area (Å²) in [5, 5.41) is 5.42. The van der Waals surface area contributed by atoms with Crippen molar-refractivity contribution in [3.8, 4) is 5.75 Å². The van der Waals surface area contributed by atoms with Gasteiger partial charge < -0.3 is 20.1 Å². The van der Waals surface area contributed by atoms with Gasteiger partial charge in [-0.25, -0.2) is 4.79 Å². The second-order valence-electron chi connectivity index (χ2n) is 7.50. The summed E-state index contributed by atoms with van der Waals surface area (Å²) in [6.45, 7) is -0.494. The molecular formula is C25H22N4O5S. The number of benzene rings is 3. The molecule has 2 N–H and O–H groups in total. The highest BCUT2D eigenvalue weighted by Gasteiger charge is 2.17. The van der Waals surface area contributed by atoms with Crippen LogP contribution in [0.15, 0.2) is 66.7 Å². The Kier molecular flexibility index (Phi) is 7.63. The van der Waals surface area contributed by atoms with Crippen LogP contribution in [-0.4, -0.2) is 40.2 Å². The minimum atomic E-state index is -0.722. The van der Waals surface area contributed by atoms with E-state index in [0.717, 1.165) is 23.0 Å². The largest absolute Gasteiger partial charge is 0.497 e. The van der Waals surface area contributed by atoms with E-state index in [2.05, 4.69) is 19.4 Å². The fraction of sp³-hybridized carbons (Fsp3) is 0.160. The molecule has 0 fully saturated rings. The number of anilines is 2. The summed E-state index contributed by atoms with van der Waals surface area (Å²) in [7, 11) is 1.60. The number of nitrogens with zero attached hydrogens (tertiary/aromatic N) is 2. The van der Waals surface area contributed by atoms with Crippen molar-refractivity contribution < 1.29 is 23.9 Å². The molecule has 178 valence electrons. The molecule has 10 heteroatoms. The second-order valence-corrected chi connectivity index (χ2v) is 8.03. The lowest BCUT2D eigenvalue weighted by atomic mass is 10.1. The first-order valence-electron chi connectivity index (χ1n) is 10.7. The van der Waals surface area contributed by atoms with Gasteiger partial charge in [-0.3, -0.25) is 9.59 Å². The number of para-hydroxylation sites is 1. The molecule has 1 heterocycles. The summed E-state index contributed by atoms with van der Waals surface area (Å²) in [6.07, 6.45) is 0.763. The zero-order chi connectivity index (χ0) is 24.6. The summed E-state index contributed by atoms with van der Waals surface area (Å²) >= 11 is 1.04. The summed E-state index contributed by atoms with van der Waals surface area (Å²) in [4.78, 5) is 37.4. The molecule has 35 heavy (non-hydrogen) atoms. The summed E-state index contributed by atoms with van der Waals surface area (Å²) < 4.78 is 18.6. The monoisotopic (exact) mass is 490 g/mol. The van der Waals surface area contributed by atoms with Crippen LogP contribution in [0.3, 0.4) is 0 Å². The number of hydrogen-bond acceptors (Lipinski definition) is 8.